The highest BCUT2D eigenvalue weighted by Gasteiger charge is 2.20. The zero-order chi connectivity index (χ0) is 13.5. The zero-order valence-corrected chi connectivity index (χ0v) is 12.4. The molecule has 1 N–H and O–H groups in total. The maximum absolute atomic E-state index is 11.5. The number of amides is 1. The monoisotopic (exact) mass is 281 g/mol. The molecule has 0 bridgehead atoms. The van der Waals surface area contributed by atoms with Crippen molar-refractivity contribution in [3.8, 4) is 0 Å². The standard InChI is InChI=1S/C10H20N2O3S2/c1-8(13)11-9(7-16)10(14)15-17-6-5-12(2,3)4/h9H,5-7H2,1-4H3,(H-,11,13,16)/p+1/t9-/m0/s1. The second-order valence-electron chi connectivity index (χ2n) is 4.67. The Kier molecular flexibility index (Phi) is 7.65. The number of rotatable bonds is 7. The Morgan fingerprint density at radius 2 is 2.00 bits per heavy atom. The molecule has 5 nitrogen and oxygen atoms in total. The first-order valence-corrected chi connectivity index (χ1v) is 6.82. The van der Waals surface area contributed by atoms with Gasteiger partial charge in [-0.1, -0.05) is 0 Å². The van der Waals surface area contributed by atoms with Crippen LogP contribution in [0.4, 0.5) is 0 Å². The van der Waals surface area contributed by atoms with Gasteiger partial charge < -0.3 is 14.0 Å². The van der Waals surface area contributed by atoms with E-state index in [1.165, 1.54) is 6.92 Å². The molecule has 0 radical (unpaired) electrons. The molecule has 1 amide bonds. The quantitative estimate of drug-likeness (QED) is 0.305. The maximum Gasteiger partial charge on any atom is 0.341 e. The Hall–Kier alpha value is -0.400. The van der Waals surface area contributed by atoms with Gasteiger partial charge in [0.15, 0.2) is 0 Å². The van der Waals surface area contributed by atoms with Gasteiger partial charge in [-0.2, -0.15) is 12.6 Å². The van der Waals surface area contributed by atoms with E-state index in [0.717, 1.165) is 23.1 Å². The summed E-state index contributed by atoms with van der Waals surface area (Å²) in [7, 11) is 6.20. The lowest BCUT2D eigenvalue weighted by Gasteiger charge is -2.23. The third kappa shape index (κ3) is 9.31. The molecule has 0 aliphatic rings. The van der Waals surface area contributed by atoms with E-state index in [1.807, 2.05) is 0 Å². The third-order valence-electron chi connectivity index (χ3n) is 1.83. The van der Waals surface area contributed by atoms with E-state index in [-0.39, 0.29) is 11.7 Å². The molecule has 0 aliphatic carbocycles. The summed E-state index contributed by atoms with van der Waals surface area (Å²) in [5.74, 6) is 0.224. The van der Waals surface area contributed by atoms with Crippen LogP contribution >= 0.6 is 24.7 Å². The van der Waals surface area contributed by atoms with Crippen molar-refractivity contribution < 1.29 is 18.3 Å². The van der Waals surface area contributed by atoms with Gasteiger partial charge in [-0.05, 0) is 0 Å². The number of thiol groups is 1. The molecule has 1 atom stereocenters. The van der Waals surface area contributed by atoms with E-state index in [0.29, 0.717) is 5.75 Å². The summed E-state index contributed by atoms with van der Waals surface area (Å²) in [6.07, 6.45) is 0. The summed E-state index contributed by atoms with van der Waals surface area (Å²) in [6.45, 7) is 2.25. The van der Waals surface area contributed by atoms with Gasteiger partial charge in [0.05, 0.1) is 45.5 Å². The van der Waals surface area contributed by atoms with Gasteiger partial charge in [0.2, 0.25) is 5.91 Å². The minimum absolute atomic E-state index is 0.230. The lowest BCUT2D eigenvalue weighted by atomic mass is 10.3. The van der Waals surface area contributed by atoms with Crippen LogP contribution in [0.15, 0.2) is 0 Å². The molecule has 0 rings (SSSR count). The summed E-state index contributed by atoms with van der Waals surface area (Å²) < 4.78 is 5.81. The van der Waals surface area contributed by atoms with E-state index in [1.54, 1.807) is 0 Å². The molecule has 0 aromatic rings. The molecule has 0 saturated heterocycles. The predicted molar refractivity (Wildman–Crippen MR) is 72.9 cm³/mol. The molecular formula is C10H21N2O3S2+. The van der Waals surface area contributed by atoms with Crippen LogP contribution in [0.2, 0.25) is 0 Å². The molecule has 0 aliphatic heterocycles. The van der Waals surface area contributed by atoms with Crippen molar-refractivity contribution in [1.29, 1.82) is 0 Å². The maximum atomic E-state index is 11.5. The minimum atomic E-state index is -0.674. The van der Waals surface area contributed by atoms with E-state index in [9.17, 15) is 9.59 Å². The molecule has 0 aromatic heterocycles. The number of hydrogen-bond acceptors (Lipinski definition) is 5. The van der Waals surface area contributed by atoms with Crippen molar-refractivity contribution in [1.82, 2.24) is 5.32 Å². The highest BCUT2D eigenvalue weighted by Crippen LogP contribution is 2.07. The number of nitrogens with zero attached hydrogens (tertiary/aromatic N) is 1. The highest BCUT2D eigenvalue weighted by atomic mass is 32.2. The van der Waals surface area contributed by atoms with Crippen molar-refractivity contribution in [2.75, 3.05) is 39.2 Å². The van der Waals surface area contributed by atoms with Crippen LogP contribution in [0.5, 0.6) is 0 Å². The second kappa shape index (κ2) is 7.84. The van der Waals surface area contributed by atoms with Gasteiger partial charge >= 0.3 is 5.97 Å². The fraction of sp³-hybridized carbons (Fsp3) is 0.800. The van der Waals surface area contributed by atoms with Gasteiger partial charge in [-0.15, -0.1) is 0 Å². The zero-order valence-electron chi connectivity index (χ0n) is 10.7. The Bertz CT molecular complexity index is 267. The second-order valence-corrected chi connectivity index (χ2v) is 5.85. The summed E-state index contributed by atoms with van der Waals surface area (Å²) >= 11 is 5.10. The largest absolute Gasteiger partial charge is 0.390 e. The van der Waals surface area contributed by atoms with Gasteiger partial charge in [-0.3, -0.25) is 4.79 Å². The average molecular weight is 281 g/mol. The molecule has 100 valence electrons. The highest BCUT2D eigenvalue weighted by molar-refractivity contribution is 7.95. The van der Waals surface area contributed by atoms with Crippen LogP contribution in [0, 0.1) is 0 Å². The molecular weight excluding hydrogens is 260 g/mol. The third-order valence-corrected chi connectivity index (χ3v) is 2.83. The van der Waals surface area contributed by atoms with Crippen molar-refractivity contribution in [2.45, 2.75) is 13.0 Å². The minimum Gasteiger partial charge on any atom is -0.390 e. The fourth-order valence-electron chi connectivity index (χ4n) is 0.893. The fourth-order valence-corrected chi connectivity index (χ4v) is 2.07. The topological polar surface area (TPSA) is 55.4 Å². The Balaban J connectivity index is 3.87. The van der Waals surface area contributed by atoms with E-state index in [2.05, 4.69) is 39.1 Å². The SMILES string of the molecule is CC(=O)N[C@@H](CS)C(=O)OSCC[N+](C)(C)C. The molecule has 7 heteroatoms. The molecule has 0 fully saturated rings. The Morgan fingerprint density at radius 3 is 2.41 bits per heavy atom. The number of carbonyl (C=O) groups excluding carboxylic acids is 2. The number of hydrogen-bond donors (Lipinski definition) is 2. The Morgan fingerprint density at radius 1 is 1.41 bits per heavy atom. The molecule has 0 heterocycles. The molecule has 0 saturated carbocycles. The predicted octanol–water partition coefficient (Wildman–Crippen LogP) is 0.319. The number of nitrogens with one attached hydrogen (secondary N) is 1. The van der Waals surface area contributed by atoms with Crippen molar-refractivity contribution in [2.24, 2.45) is 0 Å². The lowest BCUT2D eigenvalue weighted by molar-refractivity contribution is -0.867. The first kappa shape index (κ1) is 16.6. The first-order valence-electron chi connectivity index (χ1n) is 5.28. The van der Waals surface area contributed by atoms with Gasteiger partial charge in [0.25, 0.3) is 0 Å². The van der Waals surface area contributed by atoms with Crippen molar-refractivity contribution >= 4 is 36.5 Å². The number of quaternary nitrogens is 1. The van der Waals surface area contributed by atoms with E-state index >= 15 is 0 Å². The molecule has 0 spiro atoms. The smallest absolute Gasteiger partial charge is 0.341 e. The van der Waals surface area contributed by atoms with Crippen LogP contribution in [0.3, 0.4) is 0 Å². The van der Waals surface area contributed by atoms with E-state index in [4.69, 9.17) is 4.18 Å². The van der Waals surface area contributed by atoms with Crippen molar-refractivity contribution in [3.05, 3.63) is 0 Å². The van der Waals surface area contributed by atoms with Crippen LogP contribution in [-0.2, 0) is 13.8 Å². The molecule has 0 aromatic carbocycles. The normalized spacial score (nSPS) is 13.0. The van der Waals surface area contributed by atoms with Crippen LogP contribution in [-0.4, -0.2) is 61.6 Å². The van der Waals surface area contributed by atoms with Crippen molar-refractivity contribution in [3.63, 3.8) is 0 Å². The first-order chi connectivity index (χ1) is 7.76. The number of carbonyl (C=O) groups is 2. The van der Waals surface area contributed by atoms with Crippen LogP contribution < -0.4 is 5.32 Å². The summed E-state index contributed by atoms with van der Waals surface area (Å²) in [6, 6.07) is -0.674. The lowest BCUT2D eigenvalue weighted by Crippen LogP contribution is -2.41. The summed E-state index contributed by atoms with van der Waals surface area (Å²) in [4.78, 5) is 22.3. The van der Waals surface area contributed by atoms with Gasteiger partial charge in [0, 0.05) is 12.7 Å². The molecule has 0 unspecified atom stereocenters. The summed E-state index contributed by atoms with van der Waals surface area (Å²) in [5.41, 5.74) is 0. The van der Waals surface area contributed by atoms with Crippen LogP contribution in [0.1, 0.15) is 6.92 Å². The van der Waals surface area contributed by atoms with Gasteiger partial charge in [0.1, 0.15) is 6.04 Å². The van der Waals surface area contributed by atoms with Crippen LogP contribution in [0.25, 0.3) is 0 Å². The Labute approximate surface area is 112 Å². The molecule has 17 heavy (non-hydrogen) atoms. The summed E-state index contributed by atoms with van der Waals surface area (Å²) in [5, 5.41) is 2.48. The van der Waals surface area contributed by atoms with Gasteiger partial charge in [-0.25, -0.2) is 4.79 Å². The van der Waals surface area contributed by atoms with E-state index < -0.39 is 12.0 Å². The average Bonchev–Trinajstić information content (AvgIpc) is 2.19.